The van der Waals surface area contributed by atoms with Crippen LogP contribution in [0.15, 0.2) is 36.7 Å². The Hall–Kier alpha value is -2.41. The maximum atomic E-state index is 9.13. The van der Waals surface area contributed by atoms with E-state index in [1.165, 1.54) is 12.4 Å². The quantitative estimate of drug-likeness (QED) is 0.714. The largest absolute Gasteiger partial charge is 0.508 e. The zero-order valence-electron chi connectivity index (χ0n) is 7.75. The van der Waals surface area contributed by atoms with Gasteiger partial charge in [-0.15, -0.1) is 4.98 Å². The third-order valence-electron chi connectivity index (χ3n) is 1.93. The Bertz CT molecular complexity index is 514. The van der Waals surface area contributed by atoms with E-state index >= 15 is 0 Å². The van der Waals surface area contributed by atoms with Crippen LogP contribution in [-0.4, -0.2) is 15.1 Å². The number of phenolic OH excluding ortho intramolecular Hbond substituents is 1. The summed E-state index contributed by atoms with van der Waals surface area (Å²) in [5.74, 6) is 0.454. The van der Waals surface area contributed by atoms with Crippen molar-refractivity contribution in [3.05, 3.63) is 48.1 Å². The van der Waals surface area contributed by atoms with Crippen molar-refractivity contribution in [2.24, 2.45) is 0 Å². The molecule has 15 heavy (non-hydrogen) atoms. The van der Waals surface area contributed by atoms with Gasteiger partial charge in [-0.25, -0.2) is 0 Å². The van der Waals surface area contributed by atoms with Crippen molar-refractivity contribution in [2.45, 2.75) is 0 Å². The lowest BCUT2D eigenvalue weighted by molar-refractivity contribution is 0.475. The van der Waals surface area contributed by atoms with Gasteiger partial charge in [-0.2, -0.15) is 0 Å². The molecule has 2 rings (SSSR count). The Morgan fingerprint density at radius 1 is 1.07 bits per heavy atom. The van der Waals surface area contributed by atoms with Crippen molar-refractivity contribution < 1.29 is 5.11 Å². The molecule has 0 aliphatic carbocycles. The first-order valence-corrected chi connectivity index (χ1v) is 4.29. The molecule has 0 amide bonds. The molecule has 0 unspecified atom stereocenters. The fraction of sp³-hybridized carbons (Fsp3) is 0. The number of benzene rings is 1. The summed E-state index contributed by atoms with van der Waals surface area (Å²) in [5, 5.41) is 9.13. The van der Waals surface area contributed by atoms with Crippen LogP contribution in [0.4, 0.5) is 5.82 Å². The Labute approximate surface area is 86.7 Å². The molecular weight excluding hydrogens is 190 g/mol. The first-order chi connectivity index (χ1) is 7.31. The molecule has 2 aromatic rings. The molecule has 1 N–H and O–H groups in total. The molecule has 0 aliphatic rings. The predicted molar refractivity (Wildman–Crippen MR) is 55.4 cm³/mol. The van der Waals surface area contributed by atoms with Gasteiger partial charge in [0.05, 0.1) is 11.9 Å². The Morgan fingerprint density at radius 2 is 1.73 bits per heavy atom. The van der Waals surface area contributed by atoms with Crippen LogP contribution in [0.1, 0.15) is 0 Å². The molecule has 1 heterocycles. The molecule has 0 atom stereocenters. The number of phenols is 1. The number of aromatic hydroxyl groups is 1. The molecule has 0 bridgehead atoms. The second-order valence-corrected chi connectivity index (χ2v) is 2.89. The molecule has 0 saturated carbocycles. The maximum absolute atomic E-state index is 9.13. The molecule has 4 heteroatoms. The molecule has 0 radical (unpaired) electrons. The van der Waals surface area contributed by atoms with Crippen LogP contribution in [0.3, 0.4) is 0 Å². The highest BCUT2D eigenvalue weighted by atomic mass is 16.3. The van der Waals surface area contributed by atoms with Crippen molar-refractivity contribution in [3.8, 4) is 17.0 Å². The second kappa shape index (κ2) is 3.76. The first-order valence-electron chi connectivity index (χ1n) is 4.29. The molecule has 0 saturated heterocycles. The van der Waals surface area contributed by atoms with E-state index in [4.69, 9.17) is 11.7 Å². The Kier molecular flexibility index (Phi) is 2.30. The van der Waals surface area contributed by atoms with Gasteiger partial charge in [0, 0.05) is 0 Å². The zero-order valence-corrected chi connectivity index (χ0v) is 7.75. The van der Waals surface area contributed by atoms with E-state index in [1.54, 1.807) is 24.3 Å². The summed E-state index contributed by atoms with van der Waals surface area (Å²) in [7, 11) is 0. The smallest absolute Gasteiger partial charge is 0.296 e. The highest BCUT2D eigenvalue weighted by molar-refractivity contribution is 5.71. The van der Waals surface area contributed by atoms with Crippen molar-refractivity contribution in [2.75, 3.05) is 0 Å². The van der Waals surface area contributed by atoms with Gasteiger partial charge in [0.2, 0.25) is 0 Å². The fourth-order valence-corrected chi connectivity index (χ4v) is 1.24. The molecule has 72 valence electrons. The zero-order chi connectivity index (χ0) is 10.7. The number of rotatable bonds is 1. The third-order valence-corrected chi connectivity index (χ3v) is 1.93. The average Bonchev–Trinajstić information content (AvgIpc) is 2.30. The van der Waals surface area contributed by atoms with Gasteiger partial charge in [0.15, 0.2) is 0 Å². The van der Waals surface area contributed by atoms with Crippen LogP contribution in [0.2, 0.25) is 0 Å². The van der Waals surface area contributed by atoms with Crippen molar-refractivity contribution in [1.29, 1.82) is 0 Å². The molecule has 0 fully saturated rings. The van der Waals surface area contributed by atoms with E-state index in [0.717, 1.165) is 5.56 Å². The first kappa shape index (κ1) is 9.16. The Morgan fingerprint density at radius 3 is 2.40 bits per heavy atom. The van der Waals surface area contributed by atoms with Crippen molar-refractivity contribution >= 4 is 5.82 Å². The summed E-state index contributed by atoms with van der Waals surface area (Å²) in [6.07, 6.45) is 3.02. The average molecular weight is 197 g/mol. The third kappa shape index (κ3) is 1.76. The van der Waals surface area contributed by atoms with E-state index in [2.05, 4.69) is 14.8 Å². The lowest BCUT2D eigenvalue weighted by atomic mass is 10.1. The number of hydrogen-bond acceptors (Lipinski definition) is 3. The van der Waals surface area contributed by atoms with Gasteiger partial charge in [-0.3, -0.25) is 4.98 Å². The summed E-state index contributed by atoms with van der Waals surface area (Å²) >= 11 is 0. The maximum Gasteiger partial charge on any atom is 0.296 e. The van der Waals surface area contributed by atoms with Crippen LogP contribution in [0.5, 0.6) is 5.75 Å². The van der Waals surface area contributed by atoms with Crippen molar-refractivity contribution in [1.82, 2.24) is 9.97 Å². The molecule has 0 aliphatic heterocycles. The van der Waals surface area contributed by atoms with Gasteiger partial charge >= 0.3 is 0 Å². The van der Waals surface area contributed by atoms with Crippen LogP contribution in [0.25, 0.3) is 16.1 Å². The predicted octanol–water partition coefficient (Wildman–Crippen LogP) is 2.40. The Balaban J connectivity index is 2.55. The highest BCUT2D eigenvalue weighted by Gasteiger charge is 2.06. The van der Waals surface area contributed by atoms with Crippen LogP contribution in [0, 0.1) is 6.57 Å². The standard InChI is InChI=1S/C11H7N3O/c1-12-11-10(13-6-7-14-11)8-2-4-9(15)5-3-8/h2-7,15H. The minimum absolute atomic E-state index is 0.187. The van der Waals surface area contributed by atoms with Gasteiger partial charge in [0.1, 0.15) is 11.9 Å². The number of nitrogens with zero attached hydrogens (tertiary/aromatic N) is 3. The van der Waals surface area contributed by atoms with E-state index in [9.17, 15) is 0 Å². The number of aromatic nitrogens is 2. The van der Waals surface area contributed by atoms with Crippen molar-refractivity contribution in [3.63, 3.8) is 0 Å². The molecule has 0 spiro atoms. The SMILES string of the molecule is [C-]#[N+]c1nccnc1-c1ccc(O)cc1. The summed E-state index contributed by atoms with van der Waals surface area (Å²) < 4.78 is 0. The van der Waals surface area contributed by atoms with E-state index in [-0.39, 0.29) is 11.6 Å². The highest BCUT2D eigenvalue weighted by Crippen LogP contribution is 2.26. The van der Waals surface area contributed by atoms with E-state index < -0.39 is 0 Å². The van der Waals surface area contributed by atoms with E-state index in [1.807, 2.05) is 0 Å². The molecular formula is C11H7N3O. The summed E-state index contributed by atoms with van der Waals surface area (Å²) in [5.41, 5.74) is 1.31. The second-order valence-electron chi connectivity index (χ2n) is 2.89. The molecule has 4 nitrogen and oxygen atoms in total. The minimum atomic E-state index is 0.187. The summed E-state index contributed by atoms with van der Waals surface area (Å²) in [6.45, 7) is 6.95. The normalized spacial score (nSPS) is 9.53. The van der Waals surface area contributed by atoms with Gasteiger partial charge in [0.25, 0.3) is 5.82 Å². The topological polar surface area (TPSA) is 50.4 Å². The van der Waals surface area contributed by atoms with Gasteiger partial charge in [-0.1, -0.05) is 18.7 Å². The van der Waals surface area contributed by atoms with Crippen LogP contribution >= 0.6 is 0 Å². The monoisotopic (exact) mass is 197 g/mol. The lowest BCUT2D eigenvalue weighted by Gasteiger charge is -2.01. The van der Waals surface area contributed by atoms with E-state index in [0.29, 0.717) is 5.69 Å². The minimum Gasteiger partial charge on any atom is -0.508 e. The van der Waals surface area contributed by atoms with Gasteiger partial charge < -0.3 is 9.95 Å². The van der Waals surface area contributed by atoms with Crippen LogP contribution in [-0.2, 0) is 0 Å². The van der Waals surface area contributed by atoms with Gasteiger partial charge in [-0.05, 0) is 17.7 Å². The van der Waals surface area contributed by atoms with Crippen LogP contribution < -0.4 is 0 Å². The summed E-state index contributed by atoms with van der Waals surface area (Å²) in [4.78, 5) is 11.3. The molecule has 1 aromatic carbocycles. The number of hydrogen-bond donors (Lipinski definition) is 1. The molecule has 1 aromatic heterocycles. The summed E-state index contributed by atoms with van der Waals surface area (Å²) in [6, 6.07) is 6.51. The fourth-order valence-electron chi connectivity index (χ4n) is 1.24. The lowest BCUT2D eigenvalue weighted by Crippen LogP contribution is -1.85.